The van der Waals surface area contributed by atoms with Crippen molar-refractivity contribution in [2.75, 3.05) is 0 Å². The van der Waals surface area contributed by atoms with Crippen LogP contribution in [0.4, 0.5) is 0 Å². The molecule has 0 aliphatic heterocycles. The molecular weight excluding hydrogens is 156 g/mol. The molecule has 1 aromatic heterocycles. The topological polar surface area (TPSA) is 55.1 Å². The van der Waals surface area contributed by atoms with Gasteiger partial charge in [0.25, 0.3) is 0 Å². The number of aromatic nitrogens is 1. The Morgan fingerprint density at radius 1 is 1.75 bits per heavy atom. The first kappa shape index (κ1) is 8.77. The van der Waals surface area contributed by atoms with Crippen molar-refractivity contribution in [1.29, 1.82) is 0 Å². The van der Waals surface area contributed by atoms with Crippen LogP contribution in [0.2, 0.25) is 0 Å². The number of nitrogens with zero attached hydrogens (tertiary/aromatic N) is 1. The minimum atomic E-state index is 0.0560. The first-order chi connectivity index (χ1) is 5.83. The fraction of sp³-hybridized carbons (Fsp3) is 0.500. The van der Waals surface area contributed by atoms with Crippen LogP contribution in [0.3, 0.4) is 0 Å². The highest BCUT2D eigenvalue weighted by molar-refractivity contribution is 5.75. The van der Waals surface area contributed by atoms with Gasteiger partial charge in [0.1, 0.15) is 12.0 Å². The van der Waals surface area contributed by atoms with Gasteiger partial charge in [-0.2, -0.15) is 0 Å². The zero-order valence-electron chi connectivity index (χ0n) is 7.04. The summed E-state index contributed by atoms with van der Waals surface area (Å²) < 4.78 is 4.61. The monoisotopic (exact) mass is 168 g/mol. The molecule has 4 nitrogen and oxygen atoms in total. The van der Waals surface area contributed by atoms with E-state index in [1.54, 1.807) is 6.07 Å². The van der Waals surface area contributed by atoms with Crippen molar-refractivity contribution in [3.8, 4) is 0 Å². The molecule has 1 amide bonds. The smallest absolute Gasteiger partial charge is 0.220 e. The highest BCUT2D eigenvalue weighted by Gasteiger charge is 2.00. The molecule has 0 saturated heterocycles. The van der Waals surface area contributed by atoms with Crippen molar-refractivity contribution in [1.82, 2.24) is 10.5 Å². The Balaban J connectivity index is 2.22. The van der Waals surface area contributed by atoms with Gasteiger partial charge in [-0.05, 0) is 6.42 Å². The Kier molecular flexibility index (Phi) is 3.32. The van der Waals surface area contributed by atoms with E-state index in [9.17, 15) is 4.79 Å². The fourth-order valence-corrected chi connectivity index (χ4v) is 0.833. The third-order valence-electron chi connectivity index (χ3n) is 1.43. The molecule has 0 atom stereocenters. The van der Waals surface area contributed by atoms with Gasteiger partial charge in [0.15, 0.2) is 0 Å². The number of carbonyl (C=O) groups is 1. The summed E-state index contributed by atoms with van der Waals surface area (Å²) in [5, 5.41) is 6.38. The number of nitrogens with one attached hydrogen (secondary N) is 1. The lowest BCUT2D eigenvalue weighted by atomic mass is 10.3. The maximum Gasteiger partial charge on any atom is 0.220 e. The van der Waals surface area contributed by atoms with Gasteiger partial charge in [-0.15, -0.1) is 0 Å². The minimum absolute atomic E-state index is 0.0560. The minimum Gasteiger partial charge on any atom is -0.364 e. The van der Waals surface area contributed by atoms with Gasteiger partial charge >= 0.3 is 0 Å². The summed E-state index contributed by atoms with van der Waals surface area (Å²) in [5.41, 5.74) is 0.749. The van der Waals surface area contributed by atoms with Gasteiger partial charge in [0.05, 0.1) is 6.54 Å². The van der Waals surface area contributed by atoms with Crippen LogP contribution in [0.1, 0.15) is 25.5 Å². The van der Waals surface area contributed by atoms with Gasteiger partial charge in [0, 0.05) is 12.5 Å². The van der Waals surface area contributed by atoms with Crippen LogP contribution in [0.25, 0.3) is 0 Å². The third kappa shape index (κ3) is 2.74. The van der Waals surface area contributed by atoms with Crippen molar-refractivity contribution in [3.05, 3.63) is 18.0 Å². The molecule has 0 aliphatic carbocycles. The van der Waals surface area contributed by atoms with Gasteiger partial charge < -0.3 is 9.84 Å². The maximum absolute atomic E-state index is 11.0. The Hall–Kier alpha value is -1.32. The largest absolute Gasteiger partial charge is 0.364 e. The van der Waals surface area contributed by atoms with Crippen molar-refractivity contribution < 1.29 is 9.32 Å². The molecule has 0 bridgehead atoms. The van der Waals surface area contributed by atoms with Crippen LogP contribution in [-0.4, -0.2) is 11.1 Å². The summed E-state index contributed by atoms with van der Waals surface area (Å²) in [5.74, 6) is 0.0560. The molecule has 0 aromatic carbocycles. The lowest BCUT2D eigenvalue weighted by Crippen LogP contribution is -2.22. The molecular formula is C8H12N2O2. The van der Waals surface area contributed by atoms with E-state index in [2.05, 4.69) is 15.0 Å². The fourth-order valence-electron chi connectivity index (χ4n) is 0.833. The number of hydrogen-bond acceptors (Lipinski definition) is 3. The highest BCUT2D eigenvalue weighted by Crippen LogP contribution is 1.93. The first-order valence-electron chi connectivity index (χ1n) is 3.99. The summed E-state index contributed by atoms with van der Waals surface area (Å²) in [4.78, 5) is 11.0. The Morgan fingerprint density at radius 2 is 2.58 bits per heavy atom. The van der Waals surface area contributed by atoms with E-state index >= 15 is 0 Å². The molecule has 0 fully saturated rings. The zero-order chi connectivity index (χ0) is 8.81. The van der Waals surface area contributed by atoms with Crippen LogP contribution >= 0.6 is 0 Å². The van der Waals surface area contributed by atoms with Crippen molar-refractivity contribution in [3.63, 3.8) is 0 Å². The molecule has 66 valence electrons. The third-order valence-corrected chi connectivity index (χ3v) is 1.43. The van der Waals surface area contributed by atoms with Crippen LogP contribution in [-0.2, 0) is 11.3 Å². The molecule has 1 heterocycles. The van der Waals surface area contributed by atoms with E-state index in [1.165, 1.54) is 6.26 Å². The molecule has 0 radical (unpaired) electrons. The highest BCUT2D eigenvalue weighted by atomic mass is 16.5. The number of amides is 1. The van der Waals surface area contributed by atoms with E-state index in [4.69, 9.17) is 0 Å². The molecule has 4 heteroatoms. The molecule has 0 aliphatic rings. The molecule has 0 unspecified atom stereocenters. The molecule has 0 spiro atoms. The predicted octanol–water partition coefficient (Wildman–Crippen LogP) is 1.09. The van der Waals surface area contributed by atoms with E-state index in [0.717, 1.165) is 12.1 Å². The summed E-state index contributed by atoms with van der Waals surface area (Å²) >= 11 is 0. The number of hydrogen-bond donors (Lipinski definition) is 1. The van der Waals surface area contributed by atoms with Crippen molar-refractivity contribution in [2.45, 2.75) is 26.3 Å². The van der Waals surface area contributed by atoms with Crippen LogP contribution in [0.5, 0.6) is 0 Å². The lowest BCUT2D eigenvalue weighted by Gasteiger charge is -1.99. The van der Waals surface area contributed by atoms with Crippen molar-refractivity contribution in [2.24, 2.45) is 0 Å². The molecule has 0 saturated carbocycles. The number of rotatable bonds is 4. The van der Waals surface area contributed by atoms with Gasteiger partial charge in [0.2, 0.25) is 5.91 Å². The number of carbonyl (C=O) groups excluding carboxylic acids is 1. The van der Waals surface area contributed by atoms with E-state index in [-0.39, 0.29) is 5.91 Å². The second-order valence-electron chi connectivity index (χ2n) is 2.52. The molecule has 1 aromatic rings. The van der Waals surface area contributed by atoms with Gasteiger partial charge in [-0.25, -0.2) is 0 Å². The molecule has 12 heavy (non-hydrogen) atoms. The predicted molar refractivity (Wildman–Crippen MR) is 43.3 cm³/mol. The quantitative estimate of drug-likeness (QED) is 0.732. The van der Waals surface area contributed by atoms with E-state index in [1.807, 2.05) is 6.92 Å². The lowest BCUT2D eigenvalue weighted by molar-refractivity contribution is -0.121. The Morgan fingerprint density at radius 3 is 3.17 bits per heavy atom. The second-order valence-corrected chi connectivity index (χ2v) is 2.52. The summed E-state index contributed by atoms with van der Waals surface area (Å²) in [7, 11) is 0. The Labute approximate surface area is 70.9 Å². The van der Waals surface area contributed by atoms with E-state index in [0.29, 0.717) is 13.0 Å². The van der Waals surface area contributed by atoms with Crippen LogP contribution in [0.15, 0.2) is 16.9 Å². The SMILES string of the molecule is CCCC(=O)NCc1ccon1. The van der Waals surface area contributed by atoms with Gasteiger partial charge in [-0.1, -0.05) is 12.1 Å². The maximum atomic E-state index is 11.0. The zero-order valence-corrected chi connectivity index (χ0v) is 7.04. The van der Waals surface area contributed by atoms with E-state index < -0.39 is 0 Å². The summed E-state index contributed by atoms with van der Waals surface area (Å²) in [6.45, 7) is 2.42. The second kappa shape index (κ2) is 4.54. The normalized spacial score (nSPS) is 9.75. The average molecular weight is 168 g/mol. The molecule has 1 N–H and O–H groups in total. The van der Waals surface area contributed by atoms with Crippen LogP contribution < -0.4 is 5.32 Å². The van der Waals surface area contributed by atoms with Gasteiger partial charge in [-0.3, -0.25) is 4.79 Å². The summed E-state index contributed by atoms with van der Waals surface area (Å²) in [6, 6.07) is 1.73. The average Bonchev–Trinajstić information content (AvgIpc) is 2.53. The standard InChI is InChI=1S/C8H12N2O2/c1-2-3-8(11)9-6-7-4-5-12-10-7/h4-5H,2-3,6H2,1H3,(H,9,11). The van der Waals surface area contributed by atoms with Crippen LogP contribution in [0, 0.1) is 0 Å². The summed E-state index contributed by atoms with van der Waals surface area (Å²) in [6.07, 6.45) is 2.92. The first-order valence-corrected chi connectivity index (χ1v) is 3.99. The Bertz CT molecular complexity index is 231. The molecule has 1 rings (SSSR count). The van der Waals surface area contributed by atoms with Crippen molar-refractivity contribution >= 4 is 5.91 Å².